The monoisotopic (exact) mass is 372 g/mol. The minimum absolute atomic E-state index is 0.0481. The predicted octanol–water partition coefficient (Wildman–Crippen LogP) is 1.22. The van der Waals surface area contributed by atoms with Gasteiger partial charge in [-0.1, -0.05) is 6.92 Å². The van der Waals surface area contributed by atoms with Gasteiger partial charge in [0.25, 0.3) is 0 Å². The third-order valence-corrected chi connectivity index (χ3v) is 6.01. The number of sulfonamides is 1. The molecular weight excluding hydrogens is 359 g/mol. The van der Waals surface area contributed by atoms with Crippen molar-refractivity contribution < 1.29 is 17.0 Å². The minimum Gasteiger partial charge on any atom is -0.396 e. The number of hydrogen-bond donors (Lipinski definition) is 2. The fourth-order valence-electron chi connectivity index (χ4n) is 1.26. The number of nitrogens with two attached hydrogens (primary N) is 1. The smallest absolute Gasteiger partial charge is 0.241 e. The Morgan fingerprint density at radius 3 is 2.68 bits per heavy atom. The molecule has 0 amide bonds. The largest absolute Gasteiger partial charge is 0.396 e. The maximum atomic E-state index is 13.1. The first-order valence-corrected chi connectivity index (χ1v) is 9.13. The van der Waals surface area contributed by atoms with E-state index in [0.29, 0.717) is 5.75 Å². The van der Waals surface area contributed by atoms with Gasteiger partial charge in [0.15, 0.2) is 0 Å². The highest BCUT2D eigenvalue weighted by Gasteiger charge is 2.19. The zero-order valence-electron chi connectivity index (χ0n) is 10.2. The molecule has 0 bridgehead atoms. The Kier molecular flexibility index (Phi) is 5.90. The molecule has 0 aliphatic heterocycles. The highest BCUT2D eigenvalue weighted by atomic mass is 79.9. The van der Waals surface area contributed by atoms with E-state index in [-0.39, 0.29) is 27.4 Å². The number of nitrogen functional groups attached to an aromatic ring is 1. The topological polar surface area (TPSA) is 89.3 Å². The molecule has 0 radical (unpaired) electrons. The minimum atomic E-state index is -3.81. The van der Waals surface area contributed by atoms with Crippen LogP contribution in [0.3, 0.4) is 0 Å². The van der Waals surface area contributed by atoms with Crippen LogP contribution in [-0.2, 0) is 20.8 Å². The SMILES string of the molecule is CCS(=O)CCNS(=O)(=O)c1cc(N)c(F)cc1Br. The lowest BCUT2D eigenvalue weighted by Crippen LogP contribution is -2.28. The number of halogens is 2. The van der Waals surface area contributed by atoms with Gasteiger partial charge in [-0.3, -0.25) is 4.21 Å². The van der Waals surface area contributed by atoms with Crippen LogP contribution in [0.1, 0.15) is 6.92 Å². The summed E-state index contributed by atoms with van der Waals surface area (Å²) >= 11 is 2.98. The summed E-state index contributed by atoms with van der Waals surface area (Å²) in [7, 11) is -4.87. The van der Waals surface area contributed by atoms with Gasteiger partial charge in [0.1, 0.15) is 5.82 Å². The number of anilines is 1. The van der Waals surface area contributed by atoms with Crippen LogP contribution in [-0.4, -0.2) is 30.7 Å². The molecule has 0 saturated heterocycles. The van der Waals surface area contributed by atoms with Gasteiger partial charge < -0.3 is 5.73 Å². The molecule has 9 heteroatoms. The second-order valence-corrected chi connectivity index (χ2v) is 8.09. The van der Waals surface area contributed by atoms with Crippen molar-refractivity contribution in [3.63, 3.8) is 0 Å². The molecule has 19 heavy (non-hydrogen) atoms. The van der Waals surface area contributed by atoms with Crippen LogP contribution in [0.25, 0.3) is 0 Å². The van der Waals surface area contributed by atoms with Crippen molar-refractivity contribution in [3.05, 3.63) is 22.4 Å². The standard InChI is InChI=1S/C10H14BrFN2O3S2/c1-2-18(15)4-3-14-19(16,17)10-6-9(13)8(12)5-7(10)11/h5-6,14H,2-4,13H2,1H3. The van der Waals surface area contributed by atoms with E-state index in [1.807, 2.05) is 0 Å². The van der Waals surface area contributed by atoms with Crippen molar-refractivity contribution in [2.75, 3.05) is 23.8 Å². The molecule has 0 spiro atoms. The van der Waals surface area contributed by atoms with E-state index in [1.54, 1.807) is 6.92 Å². The summed E-state index contributed by atoms with van der Waals surface area (Å²) in [6.07, 6.45) is 0. The summed E-state index contributed by atoms with van der Waals surface area (Å²) in [6.45, 7) is 1.80. The van der Waals surface area contributed by atoms with Crippen molar-refractivity contribution >= 4 is 42.4 Å². The maximum Gasteiger partial charge on any atom is 0.241 e. The van der Waals surface area contributed by atoms with Gasteiger partial charge in [-0.25, -0.2) is 17.5 Å². The average Bonchev–Trinajstić information content (AvgIpc) is 2.33. The fourth-order valence-corrected chi connectivity index (χ4v) is 4.09. The molecule has 1 aromatic carbocycles. The molecule has 1 aromatic rings. The average molecular weight is 373 g/mol. The van der Waals surface area contributed by atoms with E-state index in [1.165, 1.54) is 0 Å². The Hall–Kier alpha value is -0.510. The Morgan fingerprint density at radius 1 is 1.47 bits per heavy atom. The van der Waals surface area contributed by atoms with Gasteiger partial charge in [0.2, 0.25) is 10.0 Å². The number of nitrogens with one attached hydrogen (secondary N) is 1. The molecule has 108 valence electrons. The maximum absolute atomic E-state index is 13.1. The first-order chi connectivity index (χ1) is 8.77. The van der Waals surface area contributed by atoms with Crippen molar-refractivity contribution in [2.24, 2.45) is 0 Å². The quantitative estimate of drug-likeness (QED) is 0.734. The number of hydrogen-bond acceptors (Lipinski definition) is 4. The molecule has 0 aromatic heterocycles. The predicted molar refractivity (Wildman–Crippen MR) is 77.3 cm³/mol. The second-order valence-electron chi connectivity index (χ2n) is 3.63. The Bertz CT molecular complexity index is 593. The molecule has 5 nitrogen and oxygen atoms in total. The number of rotatable bonds is 6. The van der Waals surface area contributed by atoms with E-state index >= 15 is 0 Å². The molecule has 1 unspecified atom stereocenters. The van der Waals surface area contributed by atoms with Crippen molar-refractivity contribution in [1.82, 2.24) is 4.72 Å². The second kappa shape index (κ2) is 6.78. The van der Waals surface area contributed by atoms with Crippen molar-refractivity contribution in [1.29, 1.82) is 0 Å². The lowest BCUT2D eigenvalue weighted by molar-refractivity contribution is 0.582. The van der Waals surface area contributed by atoms with Gasteiger partial charge in [0, 0.05) is 33.3 Å². The normalized spacial score (nSPS) is 13.4. The summed E-state index contributed by atoms with van der Waals surface area (Å²) in [6, 6.07) is 2.03. The van der Waals surface area contributed by atoms with Crippen LogP contribution >= 0.6 is 15.9 Å². The molecule has 1 rings (SSSR count). The van der Waals surface area contributed by atoms with Crippen molar-refractivity contribution in [2.45, 2.75) is 11.8 Å². The molecule has 0 heterocycles. The van der Waals surface area contributed by atoms with Crippen LogP contribution in [0.15, 0.2) is 21.5 Å². The number of benzene rings is 1. The molecule has 0 aliphatic carbocycles. The Balaban J connectivity index is 2.89. The summed E-state index contributed by atoms with van der Waals surface area (Å²) in [4.78, 5) is -0.145. The first kappa shape index (κ1) is 16.5. The van der Waals surface area contributed by atoms with E-state index in [0.717, 1.165) is 12.1 Å². The van der Waals surface area contributed by atoms with E-state index in [4.69, 9.17) is 5.73 Å². The van der Waals surface area contributed by atoms with Crippen LogP contribution in [0, 0.1) is 5.82 Å². The molecule has 0 fully saturated rings. The Morgan fingerprint density at radius 2 is 2.11 bits per heavy atom. The summed E-state index contributed by atoms with van der Waals surface area (Å²) in [5.41, 5.74) is 5.10. The van der Waals surface area contributed by atoms with Crippen LogP contribution in [0.4, 0.5) is 10.1 Å². The van der Waals surface area contributed by atoms with Crippen LogP contribution in [0.5, 0.6) is 0 Å². The zero-order chi connectivity index (χ0) is 14.6. The van der Waals surface area contributed by atoms with Crippen LogP contribution in [0.2, 0.25) is 0 Å². The summed E-state index contributed by atoms with van der Waals surface area (Å²) < 4.78 is 50.7. The molecule has 3 N–H and O–H groups in total. The van der Waals surface area contributed by atoms with Crippen molar-refractivity contribution in [3.8, 4) is 0 Å². The third-order valence-electron chi connectivity index (χ3n) is 2.28. The first-order valence-electron chi connectivity index (χ1n) is 5.37. The zero-order valence-corrected chi connectivity index (χ0v) is 13.4. The molecule has 0 aliphatic rings. The molecular formula is C10H14BrFN2O3S2. The highest BCUT2D eigenvalue weighted by molar-refractivity contribution is 9.10. The van der Waals surface area contributed by atoms with Gasteiger partial charge in [0.05, 0.1) is 10.6 Å². The highest BCUT2D eigenvalue weighted by Crippen LogP contribution is 2.26. The van der Waals surface area contributed by atoms with Gasteiger partial charge in [-0.2, -0.15) is 0 Å². The lowest BCUT2D eigenvalue weighted by Gasteiger charge is -2.09. The van der Waals surface area contributed by atoms with Gasteiger partial charge >= 0.3 is 0 Å². The van der Waals surface area contributed by atoms with E-state index in [9.17, 15) is 17.0 Å². The third kappa shape index (κ3) is 4.51. The fraction of sp³-hybridized carbons (Fsp3) is 0.400. The van der Waals surface area contributed by atoms with E-state index < -0.39 is 26.6 Å². The molecule has 0 saturated carbocycles. The summed E-state index contributed by atoms with van der Waals surface area (Å²) in [5, 5.41) is 0. The van der Waals surface area contributed by atoms with Gasteiger partial charge in [-0.15, -0.1) is 0 Å². The van der Waals surface area contributed by atoms with E-state index in [2.05, 4.69) is 20.7 Å². The van der Waals surface area contributed by atoms with Gasteiger partial charge in [-0.05, 0) is 28.1 Å². The lowest BCUT2D eigenvalue weighted by atomic mass is 10.3. The molecule has 1 atom stereocenters. The summed E-state index contributed by atoms with van der Waals surface area (Å²) in [5.74, 6) is -0.00298. The van der Waals surface area contributed by atoms with Crippen LogP contribution < -0.4 is 10.5 Å². The Labute approximate surface area is 122 Å².